The molecule has 1 aliphatic carbocycles. The lowest BCUT2D eigenvalue weighted by atomic mass is 9.90. The van der Waals surface area contributed by atoms with Crippen LogP contribution < -0.4 is 5.32 Å². The fourth-order valence-corrected chi connectivity index (χ4v) is 2.94. The summed E-state index contributed by atoms with van der Waals surface area (Å²) in [7, 11) is 1.48. The number of esters is 1. The first-order chi connectivity index (χ1) is 9.03. The van der Waals surface area contributed by atoms with Crippen molar-refractivity contribution < 1.29 is 9.53 Å². The number of carbonyl (C=O) groups excluding carboxylic acids is 1. The van der Waals surface area contributed by atoms with Gasteiger partial charge in [0.1, 0.15) is 0 Å². The van der Waals surface area contributed by atoms with E-state index in [2.05, 4.69) is 10.2 Å². The monoisotopic (exact) mass is 268 g/mol. The standard InChI is InChI=1S/C15H28N2O2/c1-15(2,14(18)19-3)11-17-9-5-4-6-13(17)10-16-12-7-8-12/h12-13,16H,4-11H2,1-3H3. The van der Waals surface area contributed by atoms with Crippen LogP contribution in [0.1, 0.15) is 46.0 Å². The van der Waals surface area contributed by atoms with E-state index in [0.29, 0.717) is 6.04 Å². The van der Waals surface area contributed by atoms with Gasteiger partial charge in [-0.25, -0.2) is 0 Å². The number of likely N-dealkylation sites (tertiary alicyclic amines) is 1. The highest BCUT2D eigenvalue weighted by Crippen LogP contribution is 2.26. The molecule has 4 nitrogen and oxygen atoms in total. The number of methoxy groups -OCH3 is 1. The van der Waals surface area contributed by atoms with E-state index in [-0.39, 0.29) is 5.97 Å². The second-order valence-electron chi connectivity index (χ2n) is 6.68. The number of carbonyl (C=O) groups is 1. The molecule has 19 heavy (non-hydrogen) atoms. The number of rotatable bonds is 6. The topological polar surface area (TPSA) is 41.6 Å². The Morgan fingerprint density at radius 3 is 2.68 bits per heavy atom. The van der Waals surface area contributed by atoms with Crippen LogP contribution in [0.3, 0.4) is 0 Å². The molecule has 0 aromatic rings. The van der Waals surface area contributed by atoms with Gasteiger partial charge in [0.05, 0.1) is 12.5 Å². The minimum absolute atomic E-state index is 0.105. The van der Waals surface area contributed by atoms with Gasteiger partial charge in [0.15, 0.2) is 0 Å². The van der Waals surface area contributed by atoms with E-state index in [9.17, 15) is 4.79 Å². The first kappa shape index (κ1) is 14.8. The molecule has 0 amide bonds. The van der Waals surface area contributed by atoms with Gasteiger partial charge in [-0.1, -0.05) is 6.42 Å². The molecule has 0 bridgehead atoms. The van der Waals surface area contributed by atoms with Crippen LogP contribution in [0.4, 0.5) is 0 Å². The largest absolute Gasteiger partial charge is 0.469 e. The number of piperidine rings is 1. The van der Waals surface area contributed by atoms with E-state index in [0.717, 1.165) is 25.7 Å². The Hall–Kier alpha value is -0.610. The molecule has 0 aromatic heterocycles. The summed E-state index contributed by atoms with van der Waals surface area (Å²) in [6, 6.07) is 1.34. The molecule has 2 aliphatic rings. The molecule has 2 rings (SSSR count). The average Bonchev–Trinajstić information content (AvgIpc) is 3.20. The first-order valence-corrected chi connectivity index (χ1v) is 7.59. The number of nitrogens with one attached hydrogen (secondary N) is 1. The van der Waals surface area contributed by atoms with Gasteiger partial charge < -0.3 is 10.1 Å². The van der Waals surface area contributed by atoms with Crippen LogP contribution in [-0.4, -0.2) is 49.7 Å². The molecule has 1 unspecified atom stereocenters. The van der Waals surface area contributed by atoms with Gasteiger partial charge in [0.25, 0.3) is 0 Å². The third-order valence-corrected chi connectivity index (χ3v) is 4.30. The Labute approximate surface area is 116 Å². The van der Waals surface area contributed by atoms with Gasteiger partial charge in [-0.05, 0) is 46.1 Å². The van der Waals surface area contributed by atoms with E-state index < -0.39 is 5.41 Å². The third-order valence-electron chi connectivity index (χ3n) is 4.30. The highest BCUT2D eigenvalue weighted by molar-refractivity contribution is 5.76. The van der Waals surface area contributed by atoms with Crippen LogP contribution in [0.25, 0.3) is 0 Å². The summed E-state index contributed by atoms with van der Waals surface area (Å²) in [5.41, 5.74) is -0.413. The fraction of sp³-hybridized carbons (Fsp3) is 0.933. The van der Waals surface area contributed by atoms with Crippen molar-refractivity contribution in [3.05, 3.63) is 0 Å². The van der Waals surface area contributed by atoms with Gasteiger partial charge >= 0.3 is 5.97 Å². The van der Waals surface area contributed by atoms with E-state index in [1.54, 1.807) is 0 Å². The molecule has 0 radical (unpaired) electrons. The summed E-state index contributed by atoms with van der Waals surface area (Å²) < 4.78 is 4.92. The maximum Gasteiger partial charge on any atom is 0.312 e. The first-order valence-electron chi connectivity index (χ1n) is 7.59. The Morgan fingerprint density at radius 2 is 2.05 bits per heavy atom. The van der Waals surface area contributed by atoms with Crippen molar-refractivity contribution in [2.45, 2.75) is 58.0 Å². The Balaban J connectivity index is 1.88. The van der Waals surface area contributed by atoms with Gasteiger partial charge in [-0.3, -0.25) is 9.69 Å². The van der Waals surface area contributed by atoms with Gasteiger partial charge in [0, 0.05) is 25.2 Å². The summed E-state index contributed by atoms with van der Waals surface area (Å²) in [6.07, 6.45) is 6.47. The van der Waals surface area contributed by atoms with Crippen molar-refractivity contribution in [1.29, 1.82) is 0 Å². The number of hydrogen-bond acceptors (Lipinski definition) is 4. The summed E-state index contributed by atoms with van der Waals surface area (Å²) >= 11 is 0. The molecule has 0 aromatic carbocycles. The Kier molecular flexibility index (Phi) is 4.85. The van der Waals surface area contributed by atoms with Crippen LogP contribution in [-0.2, 0) is 9.53 Å². The molecule has 2 fully saturated rings. The molecular formula is C15H28N2O2. The normalized spacial score (nSPS) is 25.3. The number of nitrogens with zero attached hydrogens (tertiary/aromatic N) is 1. The quantitative estimate of drug-likeness (QED) is 0.746. The van der Waals surface area contributed by atoms with E-state index in [4.69, 9.17) is 4.74 Å². The molecule has 1 aliphatic heterocycles. The molecule has 1 saturated carbocycles. The van der Waals surface area contributed by atoms with Gasteiger partial charge in [0.2, 0.25) is 0 Å². The SMILES string of the molecule is COC(=O)C(C)(C)CN1CCCCC1CNC1CC1. The second kappa shape index (κ2) is 6.23. The second-order valence-corrected chi connectivity index (χ2v) is 6.68. The minimum Gasteiger partial charge on any atom is -0.469 e. The molecular weight excluding hydrogens is 240 g/mol. The lowest BCUT2D eigenvalue weighted by Gasteiger charge is -2.39. The molecule has 1 heterocycles. The van der Waals surface area contributed by atoms with Crippen molar-refractivity contribution in [3.63, 3.8) is 0 Å². The molecule has 1 N–H and O–H groups in total. The van der Waals surface area contributed by atoms with Crippen molar-refractivity contribution >= 4 is 5.97 Å². The maximum absolute atomic E-state index is 11.8. The number of ether oxygens (including phenoxy) is 1. The molecule has 1 saturated heterocycles. The lowest BCUT2D eigenvalue weighted by molar-refractivity contribution is -0.152. The zero-order valence-electron chi connectivity index (χ0n) is 12.6. The van der Waals surface area contributed by atoms with Crippen LogP contribution in [0, 0.1) is 5.41 Å². The van der Waals surface area contributed by atoms with Crippen molar-refractivity contribution in [1.82, 2.24) is 10.2 Å². The van der Waals surface area contributed by atoms with Crippen LogP contribution in [0.15, 0.2) is 0 Å². The summed E-state index contributed by atoms with van der Waals surface area (Å²) in [4.78, 5) is 14.3. The van der Waals surface area contributed by atoms with E-state index >= 15 is 0 Å². The lowest BCUT2D eigenvalue weighted by Crippen LogP contribution is -2.50. The summed E-state index contributed by atoms with van der Waals surface area (Å²) in [6.45, 7) is 6.95. The molecule has 1 atom stereocenters. The van der Waals surface area contributed by atoms with Crippen LogP contribution in [0.5, 0.6) is 0 Å². The van der Waals surface area contributed by atoms with E-state index in [1.807, 2.05) is 13.8 Å². The van der Waals surface area contributed by atoms with Crippen molar-refractivity contribution in [2.24, 2.45) is 5.41 Å². The number of hydrogen-bond donors (Lipinski definition) is 1. The fourth-order valence-electron chi connectivity index (χ4n) is 2.94. The minimum atomic E-state index is -0.413. The maximum atomic E-state index is 11.8. The van der Waals surface area contributed by atoms with Crippen LogP contribution in [0.2, 0.25) is 0 Å². The van der Waals surface area contributed by atoms with Gasteiger partial charge in [-0.2, -0.15) is 0 Å². The van der Waals surface area contributed by atoms with E-state index in [1.165, 1.54) is 39.2 Å². The highest BCUT2D eigenvalue weighted by atomic mass is 16.5. The Morgan fingerprint density at radius 1 is 1.32 bits per heavy atom. The molecule has 110 valence electrons. The van der Waals surface area contributed by atoms with Gasteiger partial charge in [-0.15, -0.1) is 0 Å². The third kappa shape index (κ3) is 4.18. The highest BCUT2D eigenvalue weighted by Gasteiger charge is 2.35. The zero-order valence-corrected chi connectivity index (χ0v) is 12.6. The molecule has 4 heteroatoms. The van der Waals surface area contributed by atoms with Crippen molar-refractivity contribution in [2.75, 3.05) is 26.7 Å². The van der Waals surface area contributed by atoms with Crippen molar-refractivity contribution in [3.8, 4) is 0 Å². The zero-order chi connectivity index (χ0) is 13.9. The summed E-state index contributed by atoms with van der Waals surface area (Å²) in [5, 5.41) is 3.63. The van der Waals surface area contributed by atoms with Crippen LogP contribution >= 0.6 is 0 Å². The molecule has 0 spiro atoms. The average molecular weight is 268 g/mol. The summed E-state index contributed by atoms with van der Waals surface area (Å²) in [5.74, 6) is -0.105. The predicted molar refractivity (Wildman–Crippen MR) is 76.0 cm³/mol. The smallest absolute Gasteiger partial charge is 0.312 e. The Bertz CT molecular complexity index is 313. The predicted octanol–water partition coefficient (Wildman–Crippen LogP) is 1.79.